The molecular formula is C11H9F3N2O. The first kappa shape index (κ1) is 13.0. The van der Waals surface area contributed by atoms with Crippen LogP contribution in [0.1, 0.15) is 29.8 Å². The molecule has 17 heavy (non-hydrogen) atoms. The Kier molecular flexibility index (Phi) is 3.73. The van der Waals surface area contributed by atoms with Crippen LogP contribution < -0.4 is 5.32 Å². The molecule has 1 amide bonds. The molecule has 1 aromatic carbocycles. The maximum atomic E-state index is 13.3. The summed E-state index contributed by atoms with van der Waals surface area (Å²) in [4.78, 5) is 11.5. The van der Waals surface area contributed by atoms with Gasteiger partial charge in [0.2, 0.25) is 0 Å². The number of nitrogens with one attached hydrogen (secondary N) is 1. The van der Waals surface area contributed by atoms with Crippen LogP contribution in [-0.4, -0.2) is 11.9 Å². The first-order chi connectivity index (χ1) is 7.88. The normalized spacial score (nSPS) is 10.2. The van der Waals surface area contributed by atoms with Crippen molar-refractivity contribution < 1.29 is 18.0 Å². The lowest BCUT2D eigenvalue weighted by atomic mass is 10.1. The van der Waals surface area contributed by atoms with Gasteiger partial charge in [-0.05, 0) is 19.9 Å². The van der Waals surface area contributed by atoms with E-state index in [0.29, 0.717) is 6.07 Å². The van der Waals surface area contributed by atoms with Crippen LogP contribution in [0.2, 0.25) is 0 Å². The van der Waals surface area contributed by atoms with E-state index in [4.69, 9.17) is 5.26 Å². The molecule has 0 saturated heterocycles. The first-order valence-corrected chi connectivity index (χ1v) is 4.77. The van der Waals surface area contributed by atoms with Crippen LogP contribution in [0, 0.1) is 28.8 Å². The van der Waals surface area contributed by atoms with Crippen LogP contribution in [0.4, 0.5) is 13.2 Å². The SMILES string of the molecule is CC(C)NC(=O)c1cc(C#N)c(F)c(F)c1F. The average Bonchev–Trinajstić information content (AvgIpc) is 2.25. The van der Waals surface area contributed by atoms with E-state index in [9.17, 15) is 18.0 Å². The molecule has 1 aromatic rings. The minimum atomic E-state index is -1.82. The van der Waals surface area contributed by atoms with Gasteiger partial charge in [-0.2, -0.15) is 5.26 Å². The van der Waals surface area contributed by atoms with E-state index in [0.717, 1.165) is 0 Å². The summed E-state index contributed by atoms with van der Waals surface area (Å²) in [7, 11) is 0. The third-order valence-corrected chi connectivity index (χ3v) is 1.93. The molecule has 90 valence electrons. The van der Waals surface area contributed by atoms with Crippen LogP contribution in [-0.2, 0) is 0 Å². The fourth-order valence-corrected chi connectivity index (χ4v) is 1.19. The Morgan fingerprint density at radius 1 is 1.29 bits per heavy atom. The van der Waals surface area contributed by atoms with Gasteiger partial charge in [0.25, 0.3) is 5.91 Å². The summed E-state index contributed by atoms with van der Waals surface area (Å²) in [6.07, 6.45) is 0. The fourth-order valence-electron chi connectivity index (χ4n) is 1.19. The summed E-state index contributed by atoms with van der Waals surface area (Å²) < 4.78 is 39.3. The molecule has 0 radical (unpaired) electrons. The van der Waals surface area contributed by atoms with Crippen LogP contribution in [0.15, 0.2) is 6.07 Å². The van der Waals surface area contributed by atoms with Crippen molar-refractivity contribution >= 4 is 5.91 Å². The van der Waals surface area contributed by atoms with Gasteiger partial charge in [-0.1, -0.05) is 0 Å². The van der Waals surface area contributed by atoms with E-state index < -0.39 is 34.5 Å². The molecule has 6 heteroatoms. The second-order valence-electron chi connectivity index (χ2n) is 3.65. The van der Waals surface area contributed by atoms with Gasteiger partial charge in [0.15, 0.2) is 17.5 Å². The number of halogens is 3. The molecule has 0 unspecified atom stereocenters. The van der Waals surface area contributed by atoms with Crippen LogP contribution in [0.5, 0.6) is 0 Å². The van der Waals surface area contributed by atoms with Gasteiger partial charge in [-0.15, -0.1) is 0 Å². The number of hydrogen-bond donors (Lipinski definition) is 1. The zero-order chi connectivity index (χ0) is 13.2. The maximum absolute atomic E-state index is 13.3. The van der Waals surface area contributed by atoms with Crippen molar-refractivity contribution in [1.29, 1.82) is 5.26 Å². The molecule has 1 rings (SSSR count). The predicted molar refractivity (Wildman–Crippen MR) is 53.6 cm³/mol. The molecule has 0 heterocycles. The Morgan fingerprint density at radius 2 is 1.88 bits per heavy atom. The van der Waals surface area contributed by atoms with E-state index in [-0.39, 0.29) is 6.04 Å². The van der Waals surface area contributed by atoms with Crippen molar-refractivity contribution in [2.45, 2.75) is 19.9 Å². The average molecular weight is 242 g/mol. The lowest BCUT2D eigenvalue weighted by Crippen LogP contribution is -2.31. The summed E-state index contributed by atoms with van der Waals surface area (Å²) in [6.45, 7) is 3.25. The molecular weight excluding hydrogens is 233 g/mol. The third-order valence-electron chi connectivity index (χ3n) is 1.93. The van der Waals surface area contributed by atoms with Crippen molar-refractivity contribution in [3.8, 4) is 6.07 Å². The Morgan fingerprint density at radius 3 is 2.35 bits per heavy atom. The van der Waals surface area contributed by atoms with Crippen molar-refractivity contribution in [3.63, 3.8) is 0 Å². The molecule has 0 bridgehead atoms. The summed E-state index contributed by atoms with van der Waals surface area (Å²) >= 11 is 0. The molecule has 0 aliphatic carbocycles. The number of carbonyl (C=O) groups is 1. The standard InChI is InChI=1S/C11H9F3N2O/c1-5(2)16-11(17)7-3-6(4-15)8(12)10(14)9(7)13/h3,5H,1-2H3,(H,16,17). The Hall–Kier alpha value is -2.03. The minimum Gasteiger partial charge on any atom is -0.350 e. The van der Waals surface area contributed by atoms with E-state index in [1.54, 1.807) is 13.8 Å². The van der Waals surface area contributed by atoms with Gasteiger partial charge in [0, 0.05) is 6.04 Å². The van der Waals surface area contributed by atoms with Gasteiger partial charge in [-0.25, -0.2) is 13.2 Å². The summed E-state index contributed by atoms with van der Waals surface area (Å²) in [5.41, 5.74) is -1.40. The van der Waals surface area contributed by atoms with E-state index >= 15 is 0 Å². The highest BCUT2D eigenvalue weighted by Gasteiger charge is 2.22. The van der Waals surface area contributed by atoms with Crippen LogP contribution in [0.3, 0.4) is 0 Å². The quantitative estimate of drug-likeness (QED) is 0.807. The lowest BCUT2D eigenvalue weighted by molar-refractivity contribution is 0.0937. The molecule has 0 aliphatic heterocycles. The van der Waals surface area contributed by atoms with Crippen molar-refractivity contribution in [2.75, 3.05) is 0 Å². The molecule has 0 spiro atoms. The molecule has 3 nitrogen and oxygen atoms in total. The molecule has 0 saturated carbocycles. The first-order valence-electron chi connectivity index (χ1n) is 4.77. The van der Waals surface area contributed by atoms with Gasteiger partial charge in [0.1, 0.15) is 6.07 Å². The molecule has 0 atom stereocenters. The smallest absolute Gasteiger partial charge is 0.254 e. The molecule has 0 fully saturated rings. The summed E-state index contributed by atoms with van der Waals surface area (Å²) in [6, 6.07) is 1.75. The zero-order valence-corrected chi connectivity index (χ0v) is 9.14. The molecule has 0 aromatic heterocycles. The topological polar surface area (TPSA) is 52.9 Å². The number of rotatable bonds is 2. The van der Waals surface area contributed by atoms with Gasteiger partial charge in [-0.3, -0.25) is 4.79 Å². The number of nitrogens with zero attached hydrogens (tertiary/aromatic N) is 1. The monoisotopic (exact) mass is 242 g/mol. The van der Waals surface area contributed by atoms with E-state index in [2.05, 4.69) is 5.32 Å². The number of benzene rings is 1. The van der Waals surface area contributed by atoms with Crippen molar-refractivity contribution in [1.82, 2.24) is 5.32 Å². The lowest BCUT2D eigenvalue weighted by Gasteiger charge is -2.10. The fraction of sp³-hybridized carbons (Fsp3) is 0.273. The van der Waals surface area contributed by atoms with Crippen molar-refractivity contribution in [3.05, 3.63) is 34.6 Å². The molecule has 1 N–H and O–H groups in total. The summed E-state index contributed by atoms with van der Waals surface area (Å²) in [5.74, 6) is -5.91. The van der Waals surface area contributed by atoms with Crippen molar-refractivity contribution in [2.24, 2.45) is 0 Å². The number of amides is 1. The Bertz CT molecular complexity index is 506. The van der Waals surface area contributed by atoms with Crippen LogP contribution in [0.25, 0.3) is 0 Å². The highest BCUT2D eigenvalue weighted by Crippen LogP contribution is 2.19. The number of carbonyl (C=O) groups excluding carboxylic acids is 1. The highest BCUT2D eigenvalue weighted by atomic mass is 19.2. The van der Waals surface area contributed by atoms with Gasteiger partial charge >= 0.3 is 0 Å². The van der Waals surface area contributed by atoms with Crippen LogP contribution >= 0.6 is 0 Å². The summed E-state index contributed by atoms with van der Waals surface area (Å²) in [5, 5.41) is 10.8. The molecule has 0 aliphatic rings. The second-order valence-corrected chi connectivity index (χ2v) is 3.65. The van der Waals surface area contributed by atoms with E-state index in [1.165, 1.54) is 6.07 Å². The highest BCUT2D eigenvalue weighted by molar-refractivity contribution is 5.95. The number of hydrogen-bond acceptors (Lipinski definition) is 2. The predicted octanol–water partition coefficient (Wildman–Crippen LogP) is 2.11. The number of nitriles is 1. The van der Waals surface area contributed by atoms with E-state index in [1.807, 2.05) is 0 Å². The van der Waals surface area contributed by atoms with Gasteiger partial charge < -0.3 is 5.32 Å². The zero-order valence-electron chi connectivity index (χ0n) is 9.14. The second kappa shape index (κ2) is 4.87. The largest absolute Gasteiger partial charge is 0.350 e. The van der Waals surface area contributed by atoms with Gasteiger partial charge in [0.05, 0.1) is 11.1 Å². The Balaban J connectivity index is 3.31. The Labute approximate surface area is 95.9 Å². The minimum absolute atomic E-state index is 0.291. The maximum Gasteiger partial charge on any atom is 0.254 e. The third kappa shape index (κ3) is 2.56.